The summed E-state index contributed by atoms with van der Waals surface area (Å²) in [6.07, 6.45) is 1.60. The number of ether oxygens (including phenoxy) is 2. The number of carbonyl (C=O) groups excluding carboxylic acids is 1. The number of nitrogens with zero attached hydrogens (tertiary/aromatic N) is 1. The van der Waals surface area contributed by atoms with Crippen molar-refractivity contribution in [3.8, 4) is 5.75 Å². The van der Waals surface area contributed by atoms with Crippen LogP contribution < -0.4 is 15.8 Å². The number of nitrogen functional groups attached to an aromatic ring is 1. The summed E-state index contributed by atoms with van der Waals surface area (Å²) in [4.78, 5) is 15.7. The normalized spacial score (nSPS) is 9.95. The van der Waals surface area contributed by atoms with Crippen molar-refractivity contribution in [1.82, 2.24) is 4.98 Å². The SMILES string of the molecule is COC(=O)c1cccnc1NCCOc1ccccc1N. The van der Waals surface area contributed by atoms with E-state index in [1.165, 1.54) is 7.11 Å². The van der Waals surface area contributed by atoms with E-state index >= 15 is 0 Å². The van der Waals surface area contributed by atoms with E-state index in [9.17, 15) is 4.79 Å². The van der Waals surface area contributed by atoms with Crippen LogP contribution in [0.4, 0.5) is 11.5 Å². The van der Waals surface area contributed by atoms with Crippen molar-refractivity contribution in [3.63, 3.8) is 0 Å². The summed E-state index contributed by atoms with van der Waals surface area (Å²) in [5.74, 6) is 0.668. The zero-order chi connectivity index (χ0) is 15.1. The van der Waals surface area contributed by atoms with Crippen molar-refractivity contribution in [2.45, 2.75) is 0 Å². The van der Waals surface area contributed by atoms with Gasteiger partial charge in [0.05, 0.1) is 19.3 Å². The van der Waals surface area contributed by atoms with E-state index in [2.05, 4.69) is 10.3 Å². The lowest BCUT2D eigenvalue weighted by molar-refractivity contribution is 0.0601. The number of rotatable bonds is 6. The molecule has 0 fully saturated rings. The van der Waals surface area contributed by atoms with Gasteiger partial charge in [-0.25, -0.2) is 9.78 Å². The molecule has 1 aromatic heterocycles. The van der Waals surface area contributed by atoms with Gasteiger partial charge in [-0.15, -0.1) is 0 Å². The number of esters is 1. The molecule has 0 aliphatic carbocycles. The number of pyridine rings is 1. The predicted octanol–water partition coefficient (Wildman–Crippen LogP) is 1.94. The molecule has 0 saturated heterocycles. The maximum Gasteiger partial charge on any atom is 0.341 e. The minimum atomic E-state index is -0.432. The fourth-order valence-corrected chi connectivity index (χ4v) is 1.76. The number of nitrogens with two attached hydrogens (primary N) is 1. The lowest BCUT2D eigenvalue weighted by Gasteiger charge is -2.11. The predicted molar refractivity (Wildman–Crippen MR) is 80.4 cm³/mol. The molecule has 1 aromatic carbocycles. The lowest BCUT2D eigenvalue weighted by Crippen LogP contribution is -2.15. The molecule has 6 heteroatoms. The van der Waals surface area contributed by atoms with Gasteiger partial charge in [-0.3, -0.25) is 0 Å². The highest BCUT2D eigenvalue weighted by molar-refractivity contribution is 5.94. The Kier molecular flexibility index (Phi) is 4.98. The van der Waals surface area contributed by atoms with Crippen LogP contribution in [-0.2, 0) is 4.74 Å². The highest BCUT2D eigenvalue weighted by atomic mass is 16.5. The van der Waals surface area contributed by atoms with Gasteiger partial charge >= 0.3 is 5.97 Å². The Morgan fingerprint density at radius 2 is 2.10 bits per heavy atom. The van der Waals surface area contributed by atoms with Crippen LogP contribution in [0.25, 0.3) is 0 Å². The highest BCUT2D eigenvalue weighted by Crippen LogP contribution is 2.19. The first kappa shape index (κ1) is 14.6. The molecule has 110 valence electrons. The Morgan fingerprint density at radius 1 is 1.29 bits per heavy atom. The number of benzene rings is 1. The standard InChI is InChI=1S/C15H17N3O3/c1-20-15(19)11-5-4-8-17-14(11)18-9-10-21-13-7-3-2-6-12(13)16/h2-8H,9-10,16H2,1H3,(H,17,18). The van der Waals surface area contributed by atoms with E-state index in [0.29, 0.717) is 36.0 Å². The lowest BCUT2D eigenvalue weighted by atomic mass is 10.2. The Morgan fingerprint density at radius 3 is 2.86 bits per heavy atom. The van der Waals surface area contributed by atoms with Gasteiger partial charge in [0.25, 0.3) is 0 Å². The molecule has 6 nitrogen and oxygen atoms in total. The molecule has 0 amide bonds. The summed E-state index contributed by atoms with van der Waals surface area (Å²) in [7, 11) is 1.33. The Labute approximate surface area is 122 Å². The van der Waals surface area contributed by atoms with E-state index in [1.807, 2.05) is 12.1 Å². The Bertz CT molecular complexity index is 617. The van der Waals surface area contributed by atoms with Crippen LogP contribution in [0.5, 0.6) is 5.75 Å². The third kappa shape index (κ3) is 3.85. The number of nitrogens with one attached hydrogen (secondary N) is 1. The van der Waals surface area contributed by atoms with Gasteiger partial charge < -0.3 is 20.5 Å². The molecule has 0 unspecified atom stereocenters. The Hall–Kier alpha value is -2.76. The van der Waals surface area contributed by atoms with Gasteiger partial charge in [0.15, 0.2) is 0 Å². The molecule has 2 rings (SSSR count). The fourth-order valence-electron chi connectivity index (χ4n) is 1.76. The van der Waals surface area contributed by atoms with Gasteiger partial charge in [0.2, 0.25) is 0 Å². The summed E-state index contributed by atoms with van der Waals surface area (Å²) in [6.45, 7) is 0.876. The summed E-state index contributed by atoms with van der Waals surface area (Å²) in [5.41, 5.74) is 6.75. The van der Waals surface area contributed by atoms with Crippen molar-refractivity contribution in [2.24, 2.45) is 0 Å². The Balaban J connectivity index is 1.90. The van der Waals surface area contributed by atoms with Crippen molar-refractivity contribution >= 4 is 17.5 Å². The number of para-hydroxylation sites is 2. The minimum absolute atomic E-state index is 0.388. The molecule has 2 aromatic rings. The first-order chi connectivity index (χ1) is 10.2. The molecule has 3 N–H and O–H groups in total. The van der Waals surface area contributed by atoms with Gasteiger partial charge in [0.1, 0.15) is 23.7 Å². The van der Waals surface area contributed by atoms with Crippen LogP contribution in [0.3, 0.4) is 0 Å². The molecular formula is C15H17N3O3. The summed E-state index contributed by atoms with van der Waals surface area (Å²) >= 11 is 0. The van der Waals surface area contributed by atoms with Crippen molar-refractivity contribution in [3.05, 3.63) is 48.2 Å². The minimum Gasteiger partial charge on any atom is -0.490 e. The van der Waals surface area contributed by atoms with Gasteiger partial charge in [-0.1, -0.05) is 12.1 Å². The van der Waals surface area contributed by atoms with Crippen molar-refractivity contribution in [1.29, 1.82) is 0 Å². The first-order valence-corrected chi connectivity index (χ1v) is 6.47. The van der Waals surface area contributed by atoms with E-state index in [4.69, 9.17) is 15.2 Å². The van der Waals surface area contributed by atoms with E-state index < -0.39 is 5.97 Å². The number of hydrogen-bond donors (Lipinski definition) is 2. The number of hydrogen-bond acceptors (Lipinski definition) is 6. The fraction of sp³-hybridized carbons (Fsp3) is 0.200. The van der Waals surface area contributed by atoms with E-state index in [1.54, 1.807) is 30.5 Å². The number of aromatic nitrogens is 1. The highest BCUT2D eigenvalue weighted by Gasteiger charge is 2.11. The second kappa shape index (κ2) is 7.14. The van der Waals surface area contributed by atoms with Crippen molar-refractivity contribution in [2.75, 3.05) is 31.3 Å². The zero-order valence-electron chi connectivity index (χ0n) is 11.7. The molecule has 1 heterocycles. The number of carbonyl (C=O) groups is 1. The van der Waals surface area contributed by atoms with Gasteiger partial charge in [-0.05, 0) is 24.3 Å². The topological polar surface area (TPSA) is 86.5 Å². The molecule has 0 saturated carbocycles. The second-order valence-electron chi connectivity index (χ2n) is 4.20. The summed E-state index contributed by atoms with van der Waals surface area (Å²) in [5, 5.41) is 3.04. The summed E-state index contributed by atoms with van der Waals surface area (Å²) < 4.78 is 10.3. The molecule has 0 bridgehead atoms. The molecule has 0 radical (unpaired) electrons. The molecule has 0 spiro atoms. The largest absolute Gasteiger partial charge is 0.490 e. The first-order valence-electron chi connectivity index (χ1n) is 6.47. The number of methoxy groups -OCH3 is 1. The van der Waals surface area contributed by atoms with Crippen LogP contribution >= 0.6 is 0 Å². The van der Waals surface area contributed by atoms with Gasteiger partial charge in [0, 0.05) is 6.20 Å². The monoisotopic (exact) mass is 287 g/mol. The molecule has 0 aliphatic heterocycles. The maximum absolute atomic E-state index is 11.6. The van der Waals surface area contributed by atoms with Gasteiger partial charge in [-0.2, -0.15) is 0 Å². The average Bonchev–Trinajstić information content (AvgIpc) is 2.52. The van der Waals surface area contributed by atoms with Crippen molar-refractivity contribution < 1.29 is 14.3 Å². The zero-order valence-corrected chi connectivity index (χ0v) is 11.7. The molecule has 0 aliphatic rings. The average molecular weight is 287 g/mol. The maximum atomic E-state index is 11.6. The third-order valence-electron chi connectivity index (χ3n) is 2.78. The van der Waals surface area contributed by atoms with Crippen LogP contribution in [0.2, 0.25) is 0 Å². The van der Waals surface area contributed by atoms with Crippen LogP contribution in [-0.4, -0.2) is 31.2 Å². The molecule has 21 heavy (non-hydrogen) atoms. The molecular weight excluding hydrogens is 270 g/mol. The third-order valence-corrected chi connectivity index (χ3v) is 2.78. The van der Waals surface area contributed by atoms with Crippen LogP contribution in [0, 0.1) is 0 Å². The quantitative estimate of drug-likeness (QED) is 0.480. The smallest absolute Gasteiger partial charge is 0.341 e. The second-order valence-corrected chi connectivity index (χ2v) is 4.20. The van der Waals surface area contributed by atoms with E-state index in [0.717, 1.165) is 0 Å². The molecule has 0 atom stereocenters. The van der Waals surface area contributed by atoms with E-state index in [-0.39, 0.29) is 0 Å². The van der Waals surface area contributed by atoms with Crippen LogP contribution in [0.15, 0.2) is 42.6 Å². The van der Waals surface area contributed by atoms with Crippen LogP contribution in [0.1, 0.15) is 10.4 Å². The summed E-state index contributed by atoms with van der Waals surface area (Å²) in [6, 6.07) is 10.6. The number of anilines is 2.